The van der Waals surface area contributed by atoms with E-state index in [9.17, 15) is 9.36 Å². The van der Waals surface area contributed by atoms with Gasteiger partial charge in [0.25, 0.3) is 0 Å². The fourth-order valence-corrected chi connectivity index (χ4v) is 5.99. The molecule has 0 atom stereocenters. The number of benzene rings is 1. The molecule has 12 heteroatoms. The Morgan fingerprint density at radius 1 is 1.14 bits per heavy atom. The molecule has 0 radical (unpaired) electrons. The number of ether oxygens (including phenoxy) is 2. The van der Waals surface area contributed by atoms with E-state index in [2.05, 4.69) is 18.8 Å². The number of nitrogens with two attached hydrogens (primary N) is 1. The van der Waals surface area contributed by atoms with Crippen LogP contribution in [0.25, 0.3) is 0 Å². The zero-order valence-electron chi connectivity index (χ0n) is 21.5. The molecule has 0 bridgehead atoms. The number of rotatable bonds is 14. The number of primary amides is 1. The number of hydrogen-bond acceptors (Lipinski definition) is 9. The summed E-state index contributed by atoms with van der Waals surface area (Å²) in [6.07, 6.45) is 2.41. The quantitative estimate of drug-likeness (QED) is 0.249. The summed E-state index contributed by atoms with van der Waals surface area (Å²) in [4.78, 5) is 21.1. The molecule has 3 rings (SSSR count). The van der Waals surface area contributed by atoms with Gasteiger partial charge in [-0.2, -0.15) is 0 Å². The second-order valence-electron chi connectivity index (χ2n) is 8.22. The van der Waals surface area contributed by atoms with Gasteiger partial charge in [-0.25, -0.2) is 9.78 Å². The maximum atomic E-state index is 12.8. The van der Waals surface area contributed by atoms with Crippen molar-refractivity contribution in [3.05, 3.63) is 65.9 Å². The van der Waals surface area contributed by atoms with Gasteiger partial charge in [0.1, 0.15) is 16.6 Å². The molecule has 2 heterocycles. The van der Waals surface area contributed by atoms with E-state index in [-0.39, 0.29) is 32.1 Å². The van der Waals surface area contributed by atoms with E-state index < -0.39 is 13.7 Å². The normalized spacial score (nSPS) is 11.6. The third-order valence-corrected chi connectivity index (χ3v) is 7.93. The number of nitrogens with zero attached hydrogens (tertiary/aromatic N) is 3. The zero-order chi connectivity index (χ0) is 26.8. The van der Waals surface area contributed by atoms with Crippen LogP contribution in [0.15, 0.2) is 58.7 Å². The van der Waals surface area contributed by atoms with E-state index in [4.69, 9.17) is 29.2 Å². The van der Waals surface area contributed by atoms with E-state index in [0.29, 0.717) is 18.1 Å². The minimum atomic E-state index is -3.35. The fraction of sp³-hybridized carbons (Fsp3) is 0.400. The van der Waals surface area contributed by atoms with Gasteiger partial charge in [0.15, 0.2) is 13.0 Å². The molecule has 0 aliphatic heterocycles. The maximum Gasteiger partial charge on any atom is 0.404 e. The summed E-state index contributed by atoms with van der Waals surface area (Å²) in [6.45, 7) is 8.61. The predicted octanol–water partition coefficient (Wildman–Crippen LogP) is 5.80. The van der Waals surface area contributed by atoms with Crippen molar-refractivity contribution >= 4 is 25.5 Å². The number of aromatic nitrogens is 3. The highest BCUT2D eigenvalue weighted by molar-refractivity contribution is 7.99. The molecule has 0 fully saturated rings. The molecule has 2 aromatic heterocycles. The molecule has 200 valence electrons. The van der Waals surface area contributed by atoms with Crippen LogP contribution in [0, 0.1) is 0 Å². The summed E-state index contributed by atoms with van der Waals surface area (Å²) in [5, 5.41) is 0.904. The first-order valence-corrected chi connectivity index (χ1v) is 14.5. The van der Waals surface area contributed by atoms with Gasteiger partial charge in [0, 0.05) is 17.3 Å². The standard InChI is InChI=1S/C25H33N4O6PS/c1-5-34-36(31,35-6-2)17-33-20-8-7-9-21(14-20)37-24-23(18(3)4)28-22(16-32-25(26)30)29(24)15-19-10-12-27-13-11-19/h7-14,18H,5-6,15-17H2,1-4H3,(H2,26,30). The number of pyridine rings is 1. The number of carbonyl (C=O) groups excluding carboxylic acids is 1. The molecule has 0 spiro atoms. The molecule has 0 saturated heterocycles. The van der Waals surface area contributed by atoms with Gasteiger partial charge in [0.2, 0.25) is 0 Å². The lowest BCUT2D eigenvalue weighted by atomic mass is 10.1. The molecule has 0 unspecified atom stereocenters. The summed E-state index contributed by atoms with van der Waals surface area (Å²) in [5.74, 6) is 1.23. The van der Waals surface area contributed by atoms with Crippen molar-refractivity contribution in [1.29, 1.82) is 0 Å². The number of amides is 1. The summed E-state index contributed by atoms with van der Waals surface area (Å²) in [5.41, 5.74) is 7.11. The number of imidazole rings is 1. The van der Waals surface area contributed by atoms with Crippen LogP contribution < -0.4 is 10.5 Å². The largest absolute Gasteiger partial charge is 0.481 e. The summed E-state index contributed by atoms with van der Waals surface area (Å²) >= 11 is 1.51. The van der Waals surface area contributed by atoms with Crippen LogP contribution in [0.2, 0.25) is 0 Å². The first-order valence-electron chi connectivity index (χ1n) is 11.9. The average Bonchev–Trinajstić information content (AvgIpc) is 3.20. The van der Waals surface area contributed by atoms with Crippen LogP contribution in [-0.2, 0) is 31.5 Å². The van der Waals surface area contributed by atoms with Gasteiger partial charge in [-0.05, 0) is 55.7 Å². The van der Waals surface area contributed by atoms with Gasteiger partial charge < -0.3 is 28.8 Å². The lowest BCUT2D eigenvalue weighted by Gasteiger charge is -2.18. The molecule has 37 heavy (non-hydrogen) atoms. The number of carbonyl (C=O) groups is 1. The summed E-state index contributed by atoms with van der Waals surface area (Å²) < 4.78 is 36.3. The highest BCUT2D eigenvalue weighted by Gasteiger charge is 2.25. The predicted molar refractivity (Wildman–Crippen MR) is 141 cm³/mol. The highest BCUT2D eigenvalue weighted by Crippen LogP contribution is 2.48. The second kappa shape index (κ2) is 13.6. The minimum absolute atomic E-state index is 0.0476. The molecule has 1 amide bonds. The Bertz CT molecular complexity index is 1210. The van der Waals surface area contributed by atoms with Gasteiger partial charge in [-0.1, -0.05) is 31.7 Å². The van der Waals surface area contributed by atoms with Gasteiger partial charge in [-0.3, -0.25) is 9.55 Å². The first-order chi connectivity index (χ1) is 17.7. The van der Waals surface area contributed by atoms with Crippen molar-refractivity contribution in [2.24, 2.45) is 5.73 Å². The Morgan fingerprint density at radius 2 is 1.84 bits per heavy atom. The lowest BCUT2D eigenvalue weighted by Crippen LogP contribution is -2.15. The molecule has 1 aromatic carbocycles. The van der Waals surface area contributed by atoms with Gasteiger partial charge in [0.05, 0.1) is 25.5 Å². The number of hydrogen-bond donors (Lipinski definition) is 1. The third-order valence-electron chi connectivity index (χ3n) is 5.07. The molecule has 0 aliphatic rings. The van der Waals surface area contributed by atoms with Crippen LogP contribution in [-0.4, -0.2) is 40.2 Å². The Kier molecular flexibility index (Phi) is 10.6. The fourth-order valence-electron chi connectivity index (χ4n) is 3.46. The SMILES string of the molecule is CCOP(=O)(COc1cccc(Sc2c(C(C)C)nc(COC(N)=O)n2Cc2ccncc2)c1)OCC. The van der Waals surface area contributed by atoms with Crippen molar-refractivity contribution < 1.29 is 27.9 Å². The van der Waals surface area contributed by atoms with Crippen molar-refractivity contribution in [2.75, 3.05) is 19.6 Å². The van der Waals surface area contributed by atoms with Gasteiger partial charge in [-0.15, -0.1) is 0 Å². The van der Waals surface area contributed by atoms with E-state index in [1.807, 2.05) is 34.9 Å². The van der Waals surface area contributed by atoms with Crippen LogP contribution >= 0.6 is 19.4 Å². The van der Waals surface area contributed by atoms with Crippen molar-refractivity contribution in [2.45, 2.75) is 56.7 Å². The Balaban J connectivity index is 1.92. The monoisotopic (exact) mass is 548 g/mol. The van der Waals surface area contributed by atoms with Gasteiger partial charge >= 0.3 is 13.7 Å². The van der Waals surface area contributed by atoms with E-state index in [0.717, 1.165) is 21.2 Å². The Morgan fingerprint density at radius 3 is 2.46 bits per heavy atom. The summed E-state index contributed by atoms with van der Waals surface area (Å²) in [6, 6.07) is 11.3. The van der Waals surface area contributed by atoms with Crippen molar-refractivity contribution in [1.82, 2.24) is 14.5 Å². The van der Waals surface area contributed by atoms with Crippen LogP contribution in [0.3, 0.4) is 0 Å². The van der Waals surface area contributed by atoms with Crippen molar-refractivity contribution in [3.63, 3.8) is 0 Å². The lowest BCUT2D eigenvalue weighted by molar-refractivity contribution is 0.145. The summed E-state index contributed by atoms with van der Waals surface area (Å²) in [7, 11) is -3.35. The molecular formula is C25H33N4O6PS. The third kappa shape index (κ3) is 8.33. The Labute approximate surface area is 221 Å². The smallest absolute Gasteiger partial charge is 0.404 e. The minimum Gasteiger partial charge on any atom is -0.481 e. The second-order valence-corrected chi connectivity index (χ2v) is 11.3. The van der Waals surface area contributed by atoms with Crippen molar-refractivity contribution in [3.8, 4) is 5.75 Å². The average molecular weight is 549 g/mol. The topological polar surface area (TPSA) is 128 Å². The van der Waals surface area contributed by atoms with Crippen LogP contribution in [0.5, 0.6) is 5.75 Å². The first kappa shape index (κ1) is 28.7. The van der Waals surface area contributed by atoms with E-state index >= 15 is 0 Å². The highest BCUT2D eigenvalue weighted by atomic mass is 32.2. The Hall–Kier alpha value is -2.85. The van der Waals surface area contributed by atoms with E-state index in [1.165, 1.54) is 11.8 Å². The van der Waals surface area contributed by atoms with E-state index in [1.54, 1.807) is 32.3 Å². The molecular weight excluding hydrogens is 515 g/mol. The molecule has 3 aromatic rings. The molecule has 0 aliphatic carbocycles. The molecule has 0 saturated carbocycles. The molecule has 10 nitrogen and oxygen atoms in total. The maximum absolute atomic E-state index is 12.8. The van der Waals surface area contributed by atoms with Crippen LogP contribution in [0.1, 0.15) is 50.7 Å². The molecule has 2 N–H and O–H groups in total. The zero-order valence-corrected chi connectivity index (χ0v) is 23.2. The van der Waals surface area contributed by atoms with Crippen LogP contribution in [0.4, 0.5) is 4.79 Å².